The molecule has 2 N–H and O–H groups in total. The van der Waals surface area contributed by atoms with Crippen LogP contribution in [0.1, 0.15) is 44.9 Å². The summed E-state index contributed by atoms with van der Waals surface area (Å²) in [6.07, 6.45) is 6.17. The molecule has 1 spiro atoms. The molecule has 26 heavy (non-hydrogen) atoms. The third-order valence-corrected chi connectivity index (χ3v) is 7.08. The fourth-order valence-electron chi connectivity index (χ4n) is 5.48. The van der Waals surface area contributed by atoms with E-state index in [1.807, 2.05) is 6.07 Å². The first-order chi connectivity index (χ1) is 12.6. The molecule has 2 saturated heterocycles. The van der Waals surface area contributed by atoms with Crippen LogP contribution in [0.3, 0.4) is 0 Å². The van der Waals surface area contributed by atoms with Crippen molar-refractivity contribution in [1.82, 2.24) is 4.90 Å². The van der Waals surface area contributed by atoms with Gasteiger partial charge in [0.15, 0.2) is 0 Å². The van der Waals surface area contributed by atoms with Crippen LogP contribution in [0.5, 0.6) is 0 Å². The van der Waals surface area contributed by atoms with Crippen LogP contribution in [0.15, 0.2) is 30.3 Å². The zero-order valence-electron chi connectivity index (χ0n) is 15.4. The zero-order chi connectivity index (χ0) is 18.1. The highest BCUT2D eigenvalue weighted by molar-refractivity contribution is 5.70. The molecule has 0 aromatic heterocycles. The van der Waals surface area contributed by atoms with Gasteiger partial charge in [0.1, 0.15) is 0 Å². The van der Waals surface area contributed by atoms with Crippen LogP contribution in [-0.4, -0.2) is 58.4 Å². The highest BCUT2D eigenvalue weighted by Gasteiger charge is 2.50. The summed E-state index contributed by atoms with van der Waals surface area (Å²) in [4.78, 5) is 16.2. The molecule has 2 heterocycles. The van der Waals surface area contributed by atoms with E-state index in [2.05, 4.69) is 34.1 Å². The molecule has 5 heteroatoms. The number of benzene rings is 1. The number of aliphatic carboxylic acids is 1. The fourth-order valence-corrected chi connectivity index (χ4v) is 5.48. The van der Waals surface area contributed by atoms with Crippen molar-refractivity contribution >= 4 is 11.7 Å². The van der Waals surface area contributed by atoms with Crippen LogP contribution in [-0.2, 0) is 4.79 Å². The lowest BCUT2D eigenvalue weighted by Gasteiger charge is -2.49. The summed E-state index contributed by atoms with van der Waals surface area (Å²) in [5, 5.41) is 20.0. The molecule has 3 aliphatic rings. The number of aliphatic hydroxyl groups excluding tert-OH is 1. The van der Waals surface area contributed by atoms with E-state index in [-0.39, 0.29) is 17.6 Å². The molecule has 1 saturated carbocycles. The Balaban J connectivity index is 1.41. The van der Waals surface area contributed by atoms with Gasteiger partial charge in [-0.2, -0.15) is 0 Å². The maximum Gasteiger partial charge on any atom is 0.306 e. The number of hydrogen-bond acceptors (Lipinski definition) is 4. The van der Waals surface area contributed by atoms with Crippen molar-refractivity contribution < 1.29 is 15.0 Å². The lowest BCUT2D eigenvalue weighted by Crippen LogP contribution is -2.59. The van der Waals surface area contributed by atoms with Gasteiger partial charge in [0.25, 0.3) is 0 Å². The highest BCUT2D eigenvalue weighted by Crippen LogP contribution is 2.42. The summed E-state index contributed by atoms with van der Waals surface area (Å²) in [7, 11) is 0. The average molecular weight is 358 g/mol. The number of anilines is 1. The summed E-state index contributed by atoms with van der Waals surface area (Å²) in [6.45, 7) is 2.93. The predicted octanol–water partition coefficient (Wildman–Crippen LogP) is 2.74. The van der Waals surface area contributed by atoms with Crippen molar-refractivity contribution in [2.75, 3.05) is 24.5 Å². The van der Waals surface area contributed by atoms with E-state index < -0.39 is 5.97 Å². The van der Waals surface area contributed by atoms with Crippen molar-refractivity contribution in [1.29, 1.82) is 0 Å². The fraction of sp³-hybridized carbons (Fsp3) is 0.667. The van der Waals surface area contributed by atoms with Crippen LogP contribution in [0.25, 0.3) is 0 Å². The Morgan fingerprint density at radius 3 is 2.23 bits per heavy atom. The summed E-state index contributed by atoms with van der Waals surface area (Å²) in [6, 6.07) is 11.0. The molecule has 5 nitrogen and oxygen atoms in total. The SMILES string of the molecule is O=C(O)C1CCC(N2CCC3(CC2)C(O)CCN3c2ccccc2)CC1. The van der Waals surface area contributed by atoms with E-state index in [0.717, 1.165) is 64.6 Å². The van der Waals surface area contributed by atoms with Crippen molar-refractivity contribution in [3.63, 3.8) is 0 Å². The molecule has 1 aromatic carbocycles. The highest BCUT2D eigenvalue weighted by atomic mass is 16.4. The number of aliphatic hydroxyl groups is 1. The predicted molar refractivity (Wildman–Crippen MR) is 101 cm³/mol. The van der Waals surface area contributed by atoms with E-state index in [4.69, 9.17) is 0 Å². The Labute approximate surface area is 155 Å². The van der Waals surface area contributed by atoms with Crippen molar-refractivity contribution in [2.24, 2.45) is 5.92 Å². The summed E-state index contributed by atoms with van der Waals surface area (Å²) < 4.78 is 0. The lowest BCUT2D eigenvalue weighted by atomic mass is 9.80. The van der Waals surface area contributed by atoms with Gasteiger partial charge >= 0.3 is 5.97 Å². The van der Waals surface area contributed by atoms with E-state index in [0.29, 0.717) is 6.04 Å². The van der Waals surface area contributed by atoms with Gasteiger partial charge in [-0.3, -0.25) is 4.79 Å². The van der Waals surface area contributed by atoms with E-state index in [1.165, 1.54) is 5.69 Å². The quantitative estimate of drug-likeness (QED) is 0.870. The second kappa shape index (κ2) is 7.20. The standard InChI is InChI=1S/C21H30N2O3/c24-19-10-13-23(18-4-2-1-3-5-18)21(19)11-14-22(15-12-21)17-8-6-16(7-9-17)20(25)26/h1-5,16-17,19,24H,6-15H2,(H,25,26). The maximum absolute atomic E-state index is 11.2. The first-order valence-corrected chi connectivity index (χ1v) is 10.1. The molecule has 3 fully saturated rings. The van der Waals surface area contributed by atoms with Crippen LogP contribution >= 0.6 is 0 Å². The molecule has 1 unspecified atom stereocenters. The third kappa shape index (κ3) is 3.12. The molecule has 1 aromatic rings. The number of nitrogens with zero attached hydrogens (tertiary/aromatic N) is 2. The molecule has 1 aliphatic carbocycles. The molecular weight excluding hydrogens is 328 g/mol. The summed E-state index contributed by atoms with van der Waals surface area (Å²) >= 11 is 0. The van der Waals surface area contributed by atoms with E-state index in [9.17, 15) is 15.0 Å². The number of rotatable bonds is 3. The second-order valence-corrected chi connectivity index (χ2v) is 8.27. The molecule has 1 atom stereocenters. The lowest BCUT2D eigenvalue weighted by molar-refractivity contribution is -0.143. The Morgan fingerprint density at radius 1 is 0.962 bits per heavy atom. The number of likely N-dealkylation sites (tertiary alicyclic amines) is 1. The molecule has 2 aliphatic heterocycles. The van der Waals surface area contributed by atoms with Gasteiger partial charge in [-0.05, 0) is 57.1 Å². The monoisotopic (exact) mass is 358 g/mol. The molecule has 0 radical (unpaired) electrons. The van der Waals surface area contributed by atoms with Crippen LogP contribution < -0.4 is 4.90 Å². The number of para-hydroxylation sites is 1. The smallest absolute Gasteiger partial charge is 0.306 e. The number of hydrogen-bond donors (Lipinski definition) is 2. The van der Waals surface area contributed by atoms with Crippen LogP contribution in [0, 0.1) is 5.92 Å². The van der Waals surface area contributed by atoms with Crippen LogP contribution in [0.4, 0.5) is 5.69 Å². The minimum atomic E-state index is -0.631. The van der Waals surface area contributed by atoms with Gasteiger partial charge in [0.05, 0.1) is 17.6 Å². The Bertz CT molecular complexity index is 619. The van der Waals surface area contributed by atoms with Crippen molar-refractivity contribution in [3.8, 4) is 0 Å². The van der Waals surface area contributed by atoms with Gasteiger partial charge < -0.3 is 20.0 Å². The van der Waals surface area contributed by atoms with Crippen LogP contribution in [0.2, 0.25) is 0 Å². The Hall–Kier alpha value is -1.59. The Morgan fingerprint density at radius 2 is 1.62 bits per heavy atom. The number of carbonyl (C=O) groups is 1. The number of carboxylic acids is 1. The van der Waals surface area contributed by atoms with Gasteiger partial charge in [-0.25, -0.2) is 0 Å². The maximum atomic E-state index is 11.2. The largest absolute Gasteiger partial charge is 0.481 e. The van der Waals surface area contributed by atoms with Crippen molar-refractivity contribution in [3.05, 3.63) is 30.3 Å². The first kappa shape index (κ1) is 17.8. The normalized spacial score (nSPS) is 32.0. The summed E-state index contributed by atoms with van der Waals surface area (Å²) in [5.74, 6) is -0.777. The minimum Gasteiger partial charge on any atom is -0.481 e. The second-order valence-electron chi connectivity index (χ2n) is 8.27. The van der Waals surface area contributed by atoms with Gasteiger partial charge in [0.2, 0.25) is 0 Å². The van der Waals surface area contributed by atoms with E-state index in [1.54, 1.807) is 0 Å². The molecule has 4 rings (SSSR count). The molecular formula is C21H30N2O3. The van der Waals surface area contributed by atoms with Gasteiger partial charge in [-0.1, -0.05) is 18.2 Å². The molecule has 142 valence electrons. The molecule has 0 amide bonds. The number of carboxylic acid groups (broad SMARTS) is 1. The Kier molecular flexibility index (Phi) is 4.93. The first-order valence-electron chi connectivity index (χ1n) is 10.1. The van der Waals surface area contributed by atoms with Crippen molar-refractivity contribution in [2.45, 2.75) is 62.6 Å². The third-order valence-electron chi connectivity index (χ3n) is 7.08. The summed E-state index contributed by atoms with van der Waals surface area (Å²) in [5.41, 5.74) is 1.09. The molecule has 0 bridgehead atoms. The van der Waals surface area contributed by atoms with Gasteiger partial charge in [0, 0.05) is 31.4 Å². The van der Waals surface area contributed by atoms with Gasteiger partial charge in [-0.15, -0.1) is 0 Å². The van der Waals surface area contributed by atoms with E-state index >= 15 is 0 Å². The average Bonchev–Trinajstić information content (AvgIpc) is 2.99. The topological polar surface area (TPSA) is 64.0 Å². The number of piperidine rings is 1. The zero-order valence-corrected chi connectivity index (χ0v) is 15.4. The minimum absolute atomic E-state index is 0.129.